The molecule has 2 N–H and O–H groups in total. The number of rotatable bonds is 5. The zero-order chi connectivity index (χ0) is 19.6. The van der Waals surface area contributed by atoms with E-state index in [1.165, 1.54) is 18.3 Å². The van der Waals surface area contributed by atoms with Crippen LogP contribution in [0.3, 0.4) is 0 Å². The number of aromatic nitrogens is 1. The maximum Gasteiger partial charge on any atom is 0.262 e. The molecule has 8 heteroatoms. The van der Waals surface area contributed by atoms with Crippen molar-refractivity contribution in [3.05, 3.63) is 58.4 Å². The molecular weight excluding hydrogens is 382 g/mol. The van der Waals surface area contributed by atoms with Gasteiger partial charge in [0, 0.05) is 29.2 Å². The molecule has 0 fully saturated rings. The second-order valence-electron chi connectivity index (χ2n) is 6.10. The van der Waals surface area contributed by atoms with E-state index in [4.69, 9.17) is 0 Å². The van der Waals surface area contributed by atoms with Crippen molar-refractivity contribution in [1.82, 2.24) is 4.98 Å². The van der Waals surface area contributed by atoms with Gasteiger partial charge in [0.05, 0.1) is 15.6 Å². The van der Waals surface area contributed by atoms with Crippen LogP contribution in [-0.2, 0) is 14.8 Å². The van der Waals surface area contributed by atoms with Gasteiger partial charge in [0.1, 0.15) is 0 Å². The summed E-state index contributed by atoms with van der Waals surface area (Å²) in [6.45, 7) is 5.08. The summed E-state index contributed by atoms with van der Waals surface area (Å²) in [5.41, 5.74) is 3.17. The maximum atomic E-state index is 12.9. The Bertz CT molecular complexity index is 1090. The van der Waals surface area contributed by atoms with Crippen LogP contribution >= 0.6 is 11.3 Å². The lowest BCUT2D eigenvalue weighted by Gasteiger charge is -2.12. The summed E-state index contributed by atoms with van der Waals surface area (Å²) in [5, 5.41) is 5.47. The normalized spacial score (nSPS) is 11.2. The van der Waals surface area contributed by atoms with Crippen molar-refractivity contribution in [3.8, 4) is 11.3 Å². The number of amides is 1. The fourth-order valence-electron chi connectivity index (χ4n) is 2.58. The van der Waals surface area contributed by atoms with Gasteiger partial charge in [-0.2, -0.15) is 0 Å². The number of thiazole rings is 1. The Morgan fingerprint density at radius 2 is 1.70 bits per heavy atom. The summed E-state index contributed by atoms with van der Waals surface area (Å²) in [6.07, 6.45) is 0. The summed E-state index contributed by atoms with van der Waals surface area (Å²) in [6, 6.07) is 11.8. The zero-order valence-electron chi connectivity index (χ0n) is 15.1. The summed E-state index contributed by atoms with van der Waals surface area (Å²) in [7, 11) is -3.77. The molecule has 2 aromatic carbocycles. The van der Waals surface area contributed by atoms with E-state index in [-0.39, 0.29) is 10.8 Å². The number of carbonyl (C=O) groups excluding carboxylic acids is 1. The van der Waals surface area contributed by atoms with Gasteiger partial charge in [-0.05, 0) is 49.7 Å². The molecule has 3 aromatic rings. The Labute approximate surface area is 162 Å². The van der Waals surface area contributed by atoms with Crippen LogP contribution < -0.4 is 10.0 Å². The topological polar surface area (TPSA) is 88.2 Å². The average Bonchev–Trinajstić information content (AvgIpc) is 3.02. The van der Waals surface area contributed by atoms with Gasteiger partial charge in [0.15, 0.2) is 0 Å². The first kappa shape index (κ1) is 19.1. The highest BCUT2D eigenvalue weighted by Gasteiger charge is 2.18. The number of carbonyl (C=O) groups is 1. The predicted octanol–water partition coefficient (Wildman–Crippen LogP) is 4.19. The summed E-state index contributed by atoms with van der Waals surface area (Å²) < 4.78 is 28.3. The van der Waals surface area contributed by atoms with Gasteiger partial charge in [-0.15, -0.1) is 11.3 Å². The molecule has 0 radical (unpaired) electrons. The van der Waals surface area contributed by atoms with Crippen molar-refractivity contribution in [3.63, 3.8) is 0 Å². The first-order valence-electron chi connectivity index (χ1n) is 8.18. The van der Waals surface area contributed by atoms with Gasteiger partial charge in [-0.25, -0.2) is 13.4 Å². The Balaban J connectivity index is 1.89. The second kappa shape index (κ2) is 7.50. The first-order valence-corrected chi connectivity index (χ1v) is 10.5. The summed E-state index contributed by atoms with van der Waals surface area (Å²) in [4.78, 5) is 15.7. The van der Waals surface area contributed by atoms with Gasteiger partial charge in [0.2, 0.25) is 5.91 Å². The van der Waals surface area contributed by atoms with Crippen LogP contribution in [-0.4, -0.2) is 19.3 Å². The van der Waals surface area contributed by atoms with E-state index in [9.17, 15) is 13.2 Å². The van der Waals surface area contributed by atoms with Crippen molar-refractivity contribution < 1.29 is 13.2 Å². The Morgan fingerprint density at radius 1 is 1.04 bits per heavy atom. The van der Waals surface area contributed by atoms with Crippen LogP contribution in [0, 0.1) is 13.8 Å². The van der Waals surface area contributed by atoms with Crippen LogP contribution in [0.25, 0.3) is 11.3 Å². The van der Waals surface area contributed by atoms with Crippen LogP contribution in [0.4, 0.5) is 11.4 Å². The Morgan fingerprint density at radius 3 is 2.30 bits per heavy atom. The smallest absolute Gasteiger partial charge is 0.262 e. The molecule has 1 aromatic heterocycles. The quantitative estimate of drug-likeness (QED) is 0.671. The van der Waals surface area contributed by atoms with Crippen molar-refractivity contribution >= 4 is 38.6 Å². The molecule has 0 aliphatic carbocycles. The largest absolute Gasteiger partial charge is 0.326 e. The number of sulfonamides is 1. The van der Waals surface area contributed by atoms with Crippen LogP contribution in [0.5, 0.6) is 0 Å². The lowest BCUT2D eigenvalue weighted by Crippen LogP contribution is -2.14. The number of anilines is 2. The van der Waals surface area contributed by atoms with Crippen LogP contribution in [0.1, 0.15) is 17.5 Å². The fraction of sp³-hybridized carbons (Fsp3) is 0.158. The number of nitrogens with one attached hydrogen (secondary N) is 2. The molecule has 0 aliphatic heterocycles. The van der Waals surface area contributed by atoms with E-state index < -0.39 is 10.0 Å². The minimum absolute atomic E-state index is 0.187. The molecular formula is C19H19N3O3S2. The van der Waals surface area contributed by atoms with Crippen molar-refractivity contribution in [2.45, 2.75) is 25.7 Å². The number of hydrogen-bond donors (Lipinski definition) is 2. The maximum absolute atomic E-state index is 12.9. The van der Waals surface area contributed by atoms with E-state index in [1.807, 2.05) is 18.4 Å². The molecule has 27 heavy (non-hydrogen) atoms. The molecule has 0 atom stereocenters. The Hall–Kier alpha value is -2.71. The molecule has 0 saturated heterocycles. The molecule has 3 rings (SSSR count). The molecule has 1 heterocycles. The minimum Gasteiger partial charge on any atom is -0.326 e. The van der Waals surface area contributed by atoms with Gasteiger partial charge in [-0.1, -0.05) is 12.1 Å². The van der Waals surface area contributed by atoms with Crippen molar-refractivity contribution in [2.75, 3.05) is 10.0 Å². The van der Waals surface area contributed by atoms with Crippen LogP contribution in [0.15, 0.2) is 52.7 Å². The molecule has 0 bridgehead atoms. The minimum atomic E-state index is -3.77. The van der Waals surface area contributed by atoms with E-state index in [1.54, 1.807) is 43.3 Å². The molecule has 0 saturated carbocycles. The number of hydrogen-bond acceptors (Lipinski definition) is 5. The van der Waals surface area contributed by atoms with E-state index >= 15 is 0 Å². The van der Waals surface area contributed by atoms with Crippen molar-refractivity contribution in [1.29, 1.82) is 0 Å². The van der Waals surface area contributed by atoms with Gasteiger partial charge in [-0.3, -0.25) is 9.52 Å². The monoisotopic (exact) mass is 401 g/mol. The fourth-order valence-corrected chi connectivity index (χ4v) is 4.53. The highest BCUT2D eigenvalue weighted by molar-refractivity contribution is 7.92. The molecule has 6 nitrogen and oxygen atoms in total. The lowest BCUT2D eigenvalue weighted by atomic mass is 10.1. The summed E-state index contributed by atoms with van der Waals surface area (Å²) in [5.74, 6) is -0.187. The zero-order valence-corrected chi connectivity index (χ0v) is 16.7. The standard InChI is InChI=1S/C19H19N3O3S2/c1-12-4-5-15(18-11-26-14(3)21-18)10-19(12)27(24,25)22-17-8-6-16(7-9-17)20-13(2)23/h4-11,22H,1-3H3,(H,20,23). The van der Waals surface area contributed by atoms with Gasteiger partial charge < -0.3 is 5.32 Å². The van der Waals surface area contributed by atoms with E-state index in [0.29, 0.717) is 16.9 Å². The van der Waals surface area contributed by atoms with E-state index in [0.717, 1.165) is 16.3 Å². The average molecular weight is 402 g/mol. The number of nitrogens with zero attached hydrogens (tertiary/aromatic N) is 1. The highest BCUT2D eigenvalue weighted by Crippen LogP contribution is 2.27. The molecule has 0 unspecified atom stereocenters. The molecule has 1 amide bonds. The number of benzene rings is 2. The van der Waals surface area contributed by atoms with Gasteiger partial charge >= 0.3 is 0 Å². The SMILES string of the molecule is CC(=O)Nc1ccc(NS(=O)(=O)c2cc(-c3csc(C)n3)ccc2C)cc1. The molecule has 0 spiro atoms. The predicted molar refractivity (Wildman–Crippen MR) is 109 cm³/mol. The first-order chi connectivity index (χ1) is 12.7. The molecule has 0 aliphatic rings. The third-order valence-corrected chi connectivity index (χ3v) is 6.15. The lowest BCUT2D eigenvalue weighted by molar-refractivity contribution is -0.114. The summed E-state index contributed by atoms with van der Waals surface area (Å²) >= 11 is 1.52. The third kappa shape index (κ3) is 4.53. The molecule has 140 valence electrons. The van der Waals surface area contributed by atoms with Gasteiger partial charge in [0.25, 0.3) is 10.0 Å². The Kier molecular flexibility index (Phi) is 5.29. The highest BCUT2D eigenvalue weighted by atomic mass is 32.2. The van der Waals surface area contributed by atoms with E-state index in [2.05, 4.69) is 15.0 Å². The third-order valence-electron chi connectivity index (χ3n) is 3.85. The number of aryl methyl sites for hydroxylation is 2. The van der Waals surface area contributed by atoms with Crippen LogP contribution in [0.2, 0.25) is 0 Å². The second-order valence-corrected chi connectivity index (χ2v) is 8.81. The van der Waals surface area contributed by atoms with Crippen molar-refractivity contribution in [2.24, 2.45) is 0 Å².